The number of fused-ring (bicyclic) bond motifs is 9. The minimum Gasteiger partial charge on any atom is -0.456 e. The van der Waals surface area contributed by atoms with E-state index in [1.807, 2.05) is 30.3 Å². The third kappa shape index (κ3) is 2.80. The number of rotatable bonds is 2. The third-order valence-corrected chi connectivity index (χ3v) is 7.85. The summed E-state index contributed by atoms with van der Waals surface area (Å²) in [6.07, 6.45) is 0. The molecule has 6 aromatic carbocycles. The highest BCUT2D eigenvalue weighted by atomic mass is 16.4. The number of benzene rings is 6. The van der Waals surface area contributed by atoms with Crippen molar-refractivity contribution < 1.29 is 8.83 Å². The largest absolute Gasteiger partial charge is 0.456 e. The van der Waals surface area contributed by atoms with Crippen LogP contribution in [0.3, 0.4) is 0 Å². The standard InChI is InChI=1S/C35H20N2O2/c1-2-10-22-21(9-1)25(17-19-30(22)37-28-14-6-3-11-23(28)24-12-4-7-15-29(24)37)35-36-27-18-20-32-33(34(27)39-35)26-13-5-8-16-31(26)38-32/h1-20H. The number of furan rings is 1. The molecule has 0 unspecified atom stereocenters. The van der Waals surface area contributed by atoms with Crippen molar-refractivity contribution in [1.82, 2.24) is 9.55 Å². The van der Waals surface area contributed by atoms with Gasteiger partial charge in [0.1, 0.15) is 16.7 Å². The molecule has 3 heterocycles. The van der Waals surface area contributed by atoms with Crippen molar-refractivity contribution >= 4 is 65.6 Å². The van der Waals surface area contributed by atoms with Gasteiger partial charge in [0.2, 0.25) is 5.89 Å². The van der Waals surface area contributed by atoms with E-state index in [-0.39, 0.29) is 0 Å². The fraction of sp³-hybridized carbons (Fsp3) is 0. The normalized spacial score (nSPS) is 12.1. The van der Waals surface area contributed by atoms with E-state index < -0.39 is 0 Å². The number of para-hydroxylation sites is 3. The summed E-state index contributed by atoms with van der Waals surface area (Å²) in [5.74, 6) is 0.604. The van der Waals surface area contributed by atoms with Crippen LogP contribution in [0.2, 0.25) is 0 Å². The minimum absolute atomic E-state index is 0.604. The van der Waals surface area contributed by atoms with E-state index in [9.17, 15) is 0 Å². The lowest BCUT2D eigenvalue weighted by Crippen LogP contribution is -1.96. The quantitative estimate of drug-likeness (QED) is 0.237. The van der Waals surface area contributed by atoms with Gasteiger partial charge in [-0.05, 0) is 47.9 Å². The van der Waals surface area contributed by atoms with Crippen molar-refractivity contribution in [3.8, 4) is 17.1 Å². The van der Waals surface area contributed by atoms with E-state index in [1.54, 1.807) is 0 Å². The van der Waals surface area contributed by atoms with Gasteiger partial charge in [0.15, 0.2) is 5.58 Å². The molecule has 9 aromatic rings. The lowest BCUT2D eigenvalue weighted by atomic mass is 10.0. The molecule has 0 radical (unpaired) electrons. The van der Waals surface area contributed by atoms with Crippen LogP contribution in [-0.2, 0) is 0 Å². The first-order chi connectivity index (χ1) is 19.3. The van der Waals surface area contributed by atoms with Crippen LogP contribution in [0.15, 0.2) is 130 Å². The highest BCUT2D eigenvalue weighted by Gasteiger charge is 2.20. The Kier molecular flexibility index (Phi) is 4.02. The number of aromatic nitrogens is 2. The topological polar surface area (TPSA) is 44.1 Å². The summed E-state index contributed by atoms with van der Waals surface area (Å²) in [5.41, 5.74) is 7.69. The molecule has 0 aliphatic rings. The van der Waals surface area contributed by atoms with E-state index in [0.29, 0.717) is 5.89 Å². The molecule has 4 nitrogen and oxygen atoms in total. The number of hydrogen-bond acceptors (Lipinski definition) is 3. The highest BCUT2D eigenvalue weighted by Crippen LogP contribution is 2.40. The fourth-order valence-electron chi connectivity index (χ4n) is 6.16. The van der Waals surface area contributed by atoms with E-state index in [4.69, 9.17) is 13.8 Å². The summed E-state index contributed by atoms with van der Waals surface area (Å²) in [6, 6.07) is 42.0. The van der Waals surface area contributed by atoms with Gasteiger partial charge in [-0.25, -0.2) is 4.98 Å². The monoisotopic (exact) mass is 500 g/mol. The average molecular weight is 501 g/mol. The summed E-state index contributed by atoms with van der Waals surface area (Å²) in [5, 5.41) is 6.73. The van der Waals surface area contributed by atoms with Crippen molar-refractivity contribution in [3.05, 3.63) is 121 Å². The molecule has 0 atom stereocenters. The molecule has 3 aromatic heterocycles. The molecule has 0 fully saturated rings. The Bertz CT molecular complexity index is 2350. The molecule has 182 valence electrons. The maximum atomic E-state index is 6.54. The molecular weight excluding hydrogens is 480 g/mol. The van der Waals surface area contributed by atoms with Crippen molar-refractivity contribution in [2.75, 3.05) is 0 Å². The van der Waals surface area contributed by atoms with Crippen LogP contribution in [0.5, 0.6) is 0 Å². The number of hydrogen-bond donors (Lipinski definition) is 0. The van der Waals surface area contributed by atoms with Gasteiger partial charge in [-0.1, -0.05) is 78.9 Å². The lowest BCUT2D eigenvalue weighted by Gasteiger charge is -2.13. The van der Waals surface area contributed by atoms with Crippen LogP contribution in [0.1, 0.15) is 0 Å². The first-order valence-electron chi connectivity index (χ1n) is 13.1. The average Bonchev–Trinajstić information content (AvgIpc) is 3.68. The van der Waals surface area contributed by atoms with Gasteiger partial charge >= 0.3 is 0 Å². The zero-order chi connectivity index (χ0) is 25.5. The molecule has 0 saturated heterocycles. The van der Waals surface area contributed by atoms with Gasteiger partial charge < -0.3 is 13.4 Å². The molecule has 0 N–H and O–H groups in total. The van der Waals surface area contributed by atoms with Crippen LogP contribution >= 0.6 is 0 Å². The van der Waals surface area contributed by atoms with Crippen molar-refractivity contribution in [3.63, 3.8) is 0 Å². The maximum Gasteiger partial charge on any atom is 0.227 e. The van der Waals surface area contributed by atoms with E-state index in [2.05, 4.69) is 95.6 Å². The van der Waals surface area contributed by atoms with Gasteiger partial charge in [0.05, 0.1) is 22.1 Å². The van der Waals surface area contributed by atoms with Crippen molar-refractivity contribution in [2.24, 2.45) is 0 Å². The van der Waals surface area contributed by atoms with E-state index >= 15 is 0 Å². The van der Waals surface area contributed by atoms with Gasteiger partial charge in [0.25, 0.3) is 0 Å². The van der Waals surface area contributed by atoms with E-state index in [1.165, 1.54) is 21.8 Å². The first kappa shape index (κ1) is 20.7. The Morgan fingerprint density at radius 3 is 1.90 bits per heavy atom. The first-order valence-corrected chi connectivity index (χ1v) is 13.1. The third-order valence-electron chi connectivity index (χ3n) is 7.85. The molecule has 0 amide bonds. The lowest BCUT2D eigenvalue weighted by molar-refractivity contribution is 0.623. The van der Waals surface area contributed by atoms with Crippen LogP contribution in [0.25, 0.3) is 82.8 Å². The van der Waals surface area contributed by atoms with Crippen molar-refractivity contribution in [2.45, 2.75) is 0 Å². The van der Waals surface area contributed by atoms with Gasteiger partial charge in [-0.3, -0.25) is 0 Å². The van der Waals surface area contributed by atoms with Gasteiger partial charge in [-0.2, -0.15) is 0 Å². The van der Waals surface area contributed by atoms with Crippen LogP contribution in [0, 0.1) is 0 Å². The minimum atomic E-state index is 0.604. The smallest absolute Gasteiger partial charge is 0.227 e. The van der Waals surface area contributed by atoms with Gasteiger partial charge in [0, 0.05) is 27.1 Å². The predicted octanol–water partition coefficient (Wildman–Crippen LogP) is 9.64. The molecular formula is C35H20N2O2. The number of oxazole rings is 1. The van der Waals surface area contributed by atoms with Crippen LogP contribution in [-0.4, -0.2) is 9.55 Å². The van der Waals surface area contributed by atoms with Crippen LogP contribution < -0.4 is 0 Å². The van der Waals surface area contributed by atoms with Crippen LogP contribution in [0.4, 0.5) is 0 Å². The zero-order valence-corrected chi connectivity index (χ0v) is 20.8. The second-order valence-corrected chi connectivity index (χ2v) is 9.95. The van der Waals surface area contributed by atoms with Crippen molar-refractivity contribution in [1.29, 1.82) is 0 Å². The Labute approximate surface area is 222 Å². The summed E-state index contributed by atoms with van der Waals surface area (Å²) >= 11 is 0. The molecule has 9 rings (SSSR count). The SMILES string of the molecule is c1ccc2c(c1)oc1ccc3nc(-c4ccc(-n5c6ccccc6c6ccccc65)c5ccccc45)oc3c12. The summed E-state index contributed by atoms with van der Waals surface area (Å²) in [7, 11) is 0. The molecule has 0 aliphatic heterocycles. The van der Waals surface area contributed by atoms with Gasteiger partial charge in [-0.15, -0.1) is 0 Å². The zero-order valence-electron chi connectivity index (χ0n) is 20.8. The number of nitrogens with zero attached hydrogens (tertiary/aromatic N) is 2. The molecule has 4 heteroatoms. The second kappa shape index (κ2) is 7.59. The molecule has 0 saturated carbocycles. The Hall–Kier alpha value is -5.35. The second-order valence-electron chi connectivity index (χ2n) is 9.95. The molecule has 0 aliphatic carbocycles. The highest BCUT2D eigenvalue weighted by molar-refractivity contribution is 6.17. The Morgan fingerprint density at radius 2 is 1.13 bits per heavy atom. The Balaban J connectivity index is 1.33. The maximum absolute atomic E-state index is 6.54. The fourth-order valence-corrected chi connectivity index (χ4v) is 6.16. The molecule has 0 spiro atoms. The van der Waals surface area contributed by atoms with E-state index in [0.717, 1.165) is 55.1 Å². The summed E-state index contributed by atoms with van der Waals surface area (Å²) in [6.45, 7) is 0. The predicted molar refractivity (Wildman–Crippen MR) is 159 cm³/mol. The summed E-state index contributed by atoms with van der Waals surface area (Å²) < 4.78 is 15.0. The molecule has 39 heavy (non-hydrogen) atoms. The Morgan fingerprint density at radius 1 is 0.487 bits per heavy atom. The summed E-state index contributed by atoms with van der Waals surface area (Å²) in [4.78, 5) is 4.95. The molecule has 0 bridgehead atoms.